The number of amides is 1. The van der Waals surface area contributed by atoms with E-state index in [1.807, 2.05) is 9.58 Å². The maximum Gasteiger partial charge on any atom is 0.274 e. The number of aryl methyl sites for hydroxylation is 1. The van der Waals surface area contributed by atoms with Crippen molar-refractivity contribution >= 4 is 5.91 Å². The molecule has 2 aliphatic rings. The molecule has 2 aromatic rings. The number of carbonyl (C=O) groups is 1. The van der Waals surface area contributed by atoms with Crippen molar-refractivity contribution in [1.29, 1.82) is 0 Å². The number of morpholine rings is 1. The molecule has 1 aliphatic heterocycles. The second-order valence-electron chi connectivity index (χ2n) is 7.97. The molecule has 1 aromatic heterocycles. The van der Waals surface area contributed by atoms with Gasteiger partial charge in [0.25, 0.3) is 5.91 Å². The van der Waals surface area contributed by atoms with Gasteiger partial charge in [0.1, 0.15) is 0 Å². The lowest BCUT2D eigenvalue weighted by atomic mass is 9.90. The summed E-state index contributed by atoms with van der Waals surface area (Å²) in [5, 5.41) is 8.14. The normalized spacial score (nSPS) is 19.0. The molecular weight excluding hydrogens is 390 g/mol. The molecule has 2 heterocycles. The summed E-state index contributed by atoms with van der Waals surface area (Å²) < 4.78 is 34.0. The van der Waals surface area contributed by atoms with Crippen LogP contribution in [0.3, 0.4) is 0 Å². The van der Waals surface area contributed by atoms with Gasteiger partial charge in [-0.05, 0) is 43.4 Å². The van der Waals surface area contributed by atoms with Crippen LogP contribution in [-0.2, 0) is 30.7 Å². The first-order valence-electron chi connectivity index (χ1n) is 10.7. The first-order valence-corrected chi connectivity index (χ1v) is 10.7. The number of ether oxygens (including phenoxy) is 1. The largest absolute Gasteiger partial charge is 0.378 e. The van der Waals surface area contributed by atoms with Crippen molar-refractivity contribution in [1.82, 2.24) is 20.0 Å². The molecule has 0 saturated carbocycles. The van der Waals surface area contributed by atoms with Crippen molar-refractivity contribution in [2.45, 2.75) is 51.7 Å². The summed E-state index contributed by atoms with van der Waals surface area (Å²) in [6.07, 6.45) is 3.41. The first kappa shape index (κ1) is 20.9. The van der Waals surface area contributed by atoms with Crippen LogP contribution in [0.2, 0.25) is 0 Å². The van der Waals surface area contributed by atoms with Gasteiger partial charge in [0.15, 0.2) is 17.3 Å². The average Bonchev–Trinajstić information content (AvgIpc) is 3.12. The van der Waals surface area contributed by atoms with Gasteiger partial charge in [-0.3, -0.25) is 9.48 Å². The fourth-order valence-corrected chi connectivity index (χ4v) is 4.26. The van der Waals surface area contributed by atoms with E-state index in [0.717, 1.165) is 43.1 Å². The summed E-state index contributed by atoms with van der Waals surface area (Å²) in [6.45, 7) is 5.65. The summed E-state index contributed by atoms with van der Waals surface area (Å²) in [5.74, 6) is -1.69. The summed E-state index contributed by atoms with van der Waals surface area (Å²) in [4.78, 5) is 15.0. The lowest BCUT2D eigenvalue weighted by molar-refractivity contribution is 0.0297. The molecule has 1 aliphatic carbocycles. The Bertz CT molecular complexity index is 909. The van der Waals surface area contributed by atoms with E-state index in [1.54, 1.807) is 6.07 Å². The lowest BCUT2D eigenvalue weighted by Crippen LogP contribution is -2.41. The Morgan fingerprint density at radius 1 is 1.27 bits per heavy atom. The van der Waals surface area contributed by atoms with Crippen molar-refractivity contribution in [3.05, 3.63) is 52.3 Å². The van der Waals surface area contributed by atoms with E-state index >= 15 is 0 Å². The summed E-state index contributed by atoms with van der Waals surface area (Å²) in [5.41, 5.74) is 3.43. The molecule has 8 heteroatoms. The van der Waals surface area contributed by atoms with Gasteiger partial charge in [0, 0.05) is 43.5 Å². The average molecular weight is 418 g/mol. The van der Waals surface area contributed by atoms with E-state index in [9.17, 15) is 13.6 Å². The van der Waals surface area contributed by atoms with Gasteiger partial charge in [0.2, 0.25) is 0 Å². The highest BCUT2D eigenvalue weighted by Crippen LogP contribution is 2.27. The Morgan fingerprint density at radius 3 is 2.80 bits per heavy atom. The molecule has 0 bridgehead atoms. The zero-order valence-electron chi connectivity index (χ0n) is 17.3. The zero-order chi connectivity index (χ0) is 21.1. The van der Waals surface area contributed by atoms with Gasteiger partial charge >= 0.3 is 0 Å². The topological polar surface area (TPSA) is 59.4 Å². The van der Waals surface area contributed by atoms with Crippen LogP contribution >= 0.6 is 0 Å². The van der Waals surface area contributed by atoms with Crippen LogP contribution in [0.25, 0.3) is 0 Å². The molecule has 0 spiro atoms. The molecule has 0 radical (unpaired) electrons. The van der Waals surface area contributed by atoms with Crippen molar-refractivity contribution in [3.63, 3.8) is 0 Å². The Balaban J connectivity index is 1.50. The monoisotopic (exact) mass is 418 g/mol. The second kappa shape index (κ2) is 9.22. The van der Waals surface area contributed by atoms with Crippen molar-refractivity contribution in [3.8, 4) is 0 Å². The minimum absolute atomic E-state index is 0.0225. The standard InChI is InChI=1S/C22H28F2N4O2/c1-2-7-28-20-6-4-16(25-14-15-3-5-18(23)19(24)12-15)13-17(20)21(26-28)22(29)27-8-10-30-11-9-27/h3,5,12,16,25H,2,4,6-11,13-14H2,1H3. The number of rotatable bonds is 6. The van der Waals surface area contributed by atoms with E-state index in [-0.39, 0.29) is 11.9 Å². The van der Waals surface area contributed by atoms with E-state index < -0.39 is 11.6 Å². The molecule has 1 aromatic carbocycles. The molecule has 1 amide bonds. The number of carbonyl (C=O) groups excluding carboxylic acids is 1. The SMILES string of the molecule is CCCn1nc(C(=O)N2CCOCC2)c2c1CCC(NCc1ccc(F)c(F)c1)C2. The quantitative estimate of drug-likeness (QED) is 0.784. The summed E-state index contributed by atoms with van der Waals surface area (Å²) in [7, 11) is 0. The van der Waals surface area contributed by atoms with Crippen LogP contribution in [0.5, 0.6) is 0 Å². The molecule has 1 unspecified atom stereocenters. The summed E-state index contributed by atoms with van der Waals surface area (Å²) >= 11 is 0. The smallest absolute Gasteiger partial charge is 0.274 e. The zero-order valence-corrected chi connectivity index (χ0v) is 17.3. The van der Waals surface area contributed by atoms with Gasteiger partial charge in [0.05, 0.1) is 13.2 Å². The predicted molar refractivity (Wildman–Crippen MR) is 108 cm³/mol. The number of hydrogen-bond acceptors (Lipinski definition) is 4. The molecule has 1 fully saturated rings. The fraction of sp³-hybridized carbons (Fsp3) is 0.545. The van der Waals surface area contributed by atoms with Crippen LogP contribution < -0.4 is 5.32 Å². The molecular formula is C22H28F2N4O2. The second-order valence-corrected chi connectivity index (χ2v) is 7.97. The van der Waals surface area contributed by atoms with Crippen molar-refractivity contribution in [2.75, 3.05) is 26.3 Å². The summed E-state index contributed by atoms with van der Waals surface area (Å²) in [6, 6.07) is 4.12. The number of fused-ring (bicyclic) bond motifs is 1. The third-order valence-corrected chi connectivity index (χ3v) is 5.86. The van der Waals surface area contributed by atoms with E-state index in [4.69, 9.17) is 9.84 Å². The van der Waals surface area contributed by atoms with E-state index in [2.05, 4.69) is 12.2 Å². The third-order valence-electron chi connectivity index (χ3n) is 5.86. The van der Waals surface area contributed by atoms with Crippen molar-refractivity contribution < 1.29 is 18.3 Å². The fourth-order valence-electron chi connectivity index (χ4n) is 4.26. The predicted octanol–water partition coefficient (Wildman–Crippen LogP) is 2.69. The van der Waals surface area contributed by atoms with Crippen LogP contribution in [0.1, 0.15) is 47.1 Å². The molecule has 1 saturated heterocycles. The van der Waals surface area contributed by atoms with Gasteiger partial charge in [-0.15, -0.1) is 0 Å². The van der Waals surface area contributed by atoms with Crippen LogP contribution in [-0.4, -0.2) is 52.9 Å². The maximum absolute atomic E-state index is 13.5. The number of benzene rings is 1. The molecule has 162 valence electrons. The van der Waals surface area contributed by atoms with Crippen LogP contribution in [0.15, 0.2) is 18.2 Å². The first-order chi connectivity index (χ1) is 14.6. The maximum atomic E-state index is 13.5. The van der Waals surface area contributed by atoms with Crippen LogP contribution in [0.4, 0.5) is 8.78 Å². The van der Waals surface area contributed by atoms with Gasteiger partial charge < -0.3 is 15.0 Å². The van der Waals surface area contributed by atoms with Crippen molar-refractivity contribution in [2.24, 2.45) is 0 Å². The number of halogens is 2. The molecule has 30 heavy (non-hydrogen) atoms. The lowest BCUT2D eigenvalue weighted by Gasteiger charge is -2.28. The van der Waals surface area contributed by atoms with E-state index in [0.29, 0.717) is 50.5 Å². The van der Waals surface area contributed by atoms with Crippen LogP contribution in [0, 0.1) is 11.6 Å². The van der Waals surface area contributed by atoms with Gasteiger partial charge in [-0.1, -0.05) is 13.0 Å². The molecule has 1 atom stereocenters. The number of nitrogens with one attached hydrogen (secondary N) is 1. The Morgan fingerprint density at radius 2 is 2.07 bits per heavy atom. The number of nitrogens with zero attached hydrogens (tertiary/aromatic N) is 3. The van der Waals surface area contributed by atoms with E-state index in [1.165, 1.54) is 6.07 Å². The molecule has 4 rings (SSSR count). The Labute approximate surface area is 175 Å². The highest BCUT2D eigenvalue weighted by molar-refractivity contribution is 5.94. The highest BCUT2D eigenvalue weighted by atomic mass is 19.2. The Hall–Kier alpha value is -2.32. The number of aromatic nitrogens is 2. The molecule has 1 N–H and O–H groups in total. The highest BCUT2D eigenvalue weighted by Gasteiger charge is 2.31. The number of hydrogen-bond donors (Lipinski definition) is 1. The Kier molecular flexibility index (Phi) is 6.43. The minimum Gasteiger partial charge on any atom is -0.378 e. The third kappa shape index (κ3) is 4.39. The minimum atomic E-state index is -0.837. The van der Waals surface area contributed by atoms with Gasteiger partial charge in [-0.2, -0.15) is 5.10 Å². The molecule has 6 nitrogen and oxygen atoms in total. The van der Waals surface area contributed by atoms with Gasteiger partial charge in [-0.25, -0.2) is 8.78 Å².